The Bertz CT molecular complexity index is 590. The molecule has 0 radical (unpaired) electrons. The number of halogens is 4. The molecule has 0 bridgehead atoms. The van der Waals surface area contributed by atoms with Crippen LogP contribution in [0, 0.1) is 5.82 Å². The van der Waals surface area contributed by atoms with E-state index in [1.165, 1.54) is 31.4 Å². The molecule has 0 saturated heterocycles. The maximum absolute atomic E-state index is 13.1. The van der Waals surface area contributed by atoms with Crippen molar-refractivity contribution in [2.24, 2.45) is 0 Å². The third-order valence-electron chi connectivity index (χ3n) is 2.66. The summed E-state index contributed by atoms with van der Waals surface area (Å²) >= 11 is 0. The van der Waals surface area contributed by atoms with Crippen LogP contribution in [0.4, 0.5) is 17.6 Å². The minimum atomic E-state index is -4.41. The van der Waals surface area contributed by atoms with Gasteiger partial charge in [0.2, 0.25) is 0 Å². The molecule has 2 aromatic rings. The van der Waals surface area contributed by atoms with Crippen LogP contribution in [-0.4, -0.2) is 7.11 Å². The fourth-order valence-corrected chi connectivity index (χ4v) is 1.77. The minimum Gasteiger partial charge on any atom is -0.496 e. The smallest absolute Gasteiger partial charge is 0.416 e. The molecule has 0 saturated carbocycles. The Labute approximate surface area is 107 Å². The van der Waals surface area contributed by atoms with Crippen molar-refractivity contribution in [2.45, 2.75) is 6.18 Å². The minimum absolute atomic E-state index is 0.194. The first kappa shape index (κ1) is 13.4. The zero-order valence-corrected chi connectivity index (χ0v) is 9.96. The highest BCUT2D eigenvalue weighted by Crippen LogP contribution is 2.35. The van der Waals surface area contributed by atoms with Crippen LogP contribution in [0.1, 0.15) is 5.56 Å². The lowest BCUT2D eigenvalue weighted by molar-refractivity contribution is -0.137. The molecule has 2 aromatic carbocycles. The largest absolute Gasteiger partial charge is 0.496 e. The summed E-state index contributed by atoms with van der Waals surface area (Å²) in [6.45, 7) is 0. The lowest BCUT2D eigenvalue weighted by Gasteiger charge is -2.11. The molecule has 5 heteroatoms. The molecule has 0 heterocycles. The molecule has 0 fully saturated rings. The van der Waals surface area contributed by atoms with E-state index in [9.17, 15) is 17.6 Å². The average molecular weight is 270 g/mol. The zero-order chi connectivity index (χ0) is 14.0. The monoisotopic (exact) mass is 270 g/mol. The van der Waals surface area contributed by atoms with E-state index in [-0.39, 0.29) is 5.75 Å². The fraction of sp³-hybridized carbons (Fsp3) is 0.143. The van der Waals surface area contributed by atoms with Gasteiger partial charge in [0.05, 0.1) is 12.7 Å². The predicted molar refractivity (Wildman–Crippen MR) is 63.4 cm³/mol. The fourth-order valence-electron chi connectivity index (χ4n) is 1.77. The van der Waals surface area contributed by atoms with Gasteiger partial charge in [0.1, 0.15) is 11.6 Å². The topological polar surface area (TPSA) is 9.23 Å². The average Bonchev–Trinajstić information content (AvgIpc) is 2.37. The van der Waals surface area contributed by atoms with E-state index in [0.717, 1.165) is 18.2 Å². The molecular weight excluding hydrogens is 260 g/mol. The van der Waals surface area contributed by atoms with E-state index in [0.29, 0.717) is 11.1 Å². The van der Waals surface area contributed by atoms with E-state index < -0.39 is 17.6 Å². The summed E-state index contributed by atoms with van der Waals surface area (Å²) in [5.41, 5.74) is -0.0157. The second-order valence-electron chi connectivity index (χ2n) is 3.92. The van der Waals surface area contributed by atoms with Gasteiger partial charge in [-0.2, -0.15) is 13.2 Å². The van der Waals surface area contributed by atoms with Gasteiger partial charge in [-0.25, -0.2) is 4.39 Å². The molecule has 0 aromatic heterocycles. The first-order valence-electron chi connectivity index (χ1n) is 5.43. The molecule has 100 valence electrons. The van der Waals surface area contributed by atoms with Gasteiger partial charge < -0.3 is 4.74 Å². The zero-order valence-electron chi connectivity index (χ0n) is 9.96. The molecule has 0 aliphatic heterocycles. The van der Waals surface area contributed by atoms with Crippen LogP contribution in [0.15, 0.2) is 42.5 Å². The van der Waals surface area contributed by atoms with Gasteiger partial charge in [0.15, 0.2) is 0 Å². The van der Waals surface area contributed by atoms with Gasteiger partial charge in [0, 0.05) is 11.6 Å². The van der Waals surface area contributed by atoms with Crippen molar-refractivity contribution in [3.05, 3.63) is 53.8 Å². The highest BCUT2D eigenvalue weighted by Gasteiger charge is 2.30. The first-order valence-corrected chi connectivity index (χ1v) is 5.43. The van der Waals surface area contributed by atoms with Crippen LogP contribution in [0.3, 0.4) is 0 Å². The van der Waals surface area contributed by atoms with Crippen molar-refractivity contribution in [1.82, 2.24) is 0 Å². The van der Waals surface area contributed by atoms with Crippen LogP contribution >= 0.6 is 0 Å². The van der Waals surface area contributed by atoms with Crippen molar-refractivity contribution in [1.29, 1.82) is 0 Å². The molecule has 0 atom stereocenters. The SMILES string of the molecule is COc1cc(F)ccc1-c1cccc(C(F)(F)F)c1. The summed E-state index contributed by atoms with van der Waals surface area (Å²) in [7, 11) is 1.34. The van der Waals surface area contributed by atoms with Crippen LogP contribution in [0.25, 0.3) is 11.1 Å². The van der Waals surface area contributed by atoms with Gasteiger partial charge in [-0.3, -0.25) is 0 Å². The van der Waals surface area contributed by atoms with Crippen LogP contribution < -0.4 is 4.74 Å². The van der Waals surface area contributed by atoms with E-state index in [1.807, 2.05) is 0 Å². The molecule has 0 aliphatic carbocycles. The highest BCUT2D eigenvalue weighted by atomic mass is 19.4. The molecule has 0 unspecified atom stereocenters. The summed E-state index contributed by atoms with van der Waals surface area (Å²) in [5, 5.41) is 0. The second kappa shape index (κ2) is 4.91. The standard InChI is InChI=1S/C14H10F4O/c1-19-13-8-11(15)5-6-12(13)9-3-2-4-10(7-9)14(16,17)18/h2-8H,1H3. The molecule has 19 heavy (non-hydrogen) atoms. The van der Waals surface area contributed by atoms with Crippen LogP contribution in [0.2, 0.25) is 0 Å². The number of benzene rings is 2. The van der Waals surface area contributed by atoms with Crippen molar-refractivity contribution >= 4 is 0 Å². The third kappa shape index (κ3) is 2.86. The van der Waals surface area contributed by atoms with E-state index in [1.54, 1.807) is 0 Å². The molecule has 0 aliphatic rings. The number of rotatable bonds is 2. The summed E-state index contributed by atoms with van der Waals surface area (Å²) < 4.78 is 56.0. The molecule has 1 nitrogen and oxygen atoms in total. The third-order valence-corrected chi connectivity index (χ3v) is 2.66. The van der Waals surface area contributed by atoms with E-state index in [2.05, 4.69) is 0 Å². The Morgan fingerprint density at radius 1 is 1.00 bits per heavy atom. The number of alkyl halides is 3. The lowest BCUT2D eigenvalue weighted by Crippen LogP contribution is -2.04. The van der Waals surface area contributed by atoms with Gasteiger partial charge in [-0.15, -0.1) is 0 Å². The Morgan fingerprint density at radius 3 is 2.37 bits per heavy atom. The maximum atomic E-state index is 13.1. The van der Waals surface area contributed by atoms with Gasteiger partial charge in [-0.05, 0) is 29.8 Å². The normalized spacial score (nSPS) is 11.4. The maximum Gasteiger partial charge on any atom is 0.416 e. The molecule has 2 rings (SSSR count). The number of methoxy groups -OCH3 is 1. The molecule has 0 spiro atoms. The number of ether oxygens (including phenoxy) is 1. The lowest BCUT2D eigenvalue weighted by atomic mass is 10.0. The highest BCUT2D eigenvalue weighted by molar-refractivity contribution is 5.71. The van der Waals surface area contributed by atoms with Gasteiger partial charge in [0.25, 0.3) is 0 Å². The Hall–Kier alpha value is -2.04. The summed E-state index contributed by atoms with van der Waals surface area (Å²) in [4.78, 5) is 0. The quantitative estimate of drug-likeness (QED) is 0.729. The van der Waals surface area contributed by atoms with Gasteiger partial charge in [-0.1, -0.05) is 12.1 Å². The molecule has 0 N–H and O–H groups in total. The molecule has 0 amide bonds. The van der Waals surface area contributed by atoms with Crippen LogP contribution in [0.5, 0.6) is 5.75 Å². The number of hydrogen-bond acceptors (Lipinski definition) is 1. The van der Waals surface area contributed by atoms with Crippen LogP contribution in [-0.2, 0) is 6.18 Å². The summed E-state index contributed by atoms with van der Waals surface area (Å²) in [6.07, 6.45) is -4.41. The van der Waals surface area contributed by atoms with Crippen molar-refractivity contribution in [2.75, 3.05) is 7.11 Å². The van der Waals surface area contributed by atoms with Gasteiger partial charge >= 0.3 is 6.18 Å². The van der Waals surface area contributed by atoms with Crippen molar-refractivity contribution in [3.63, 3.8) is 0 Å². The first-order chi connectivity index (χ1) is 8.91. The Balaban J connectivity index is 2.53. The Kier molecular flexibility index (Phi) is 3.46. The summed E-state index contributed by atoms with van der Waals surface area (Å²) in [6, 6.07) is 8.53. The van der Waals surface area contributed by atoms with Crippen molar-refractivity contribution in [3.8, 4) is 16.9 Å². The van der Waals surface area contributed by atoms with E-state index in [4.69, 9.17) is 4.74 Å². The number of hydrogen-bond donors (Lipinski definition) is 0. The second-order valence-corrected chi connectivity index (χ2v) is 3.92. The Morgan fingerprint density at radius 2 is 1.74 bits per heavy atom. The predicted octanol–water partition coefficient (Wildman–Crippen LogP) is 4.52. The van der Waals surface area contributed by atoms with E-state index >= 15 is 0 Å². The summed E-state index contributed by atoms with van der Waals surface area (Å²) in [5.74, 6) is -0.313. The molecular formula is C14H10F4O. The van der Waals surface area contributed by atoms with Crippen molar-refractivity contribution < 1.29 is 22.3 Å².